The normalized spacial score (nSPS) is 19.7. The third-order valence-electron chi connectivity index (χ3n) is 6.77. The summed E-state index contributed by atoms with van der Waals surface area (Å²) in [5.41, 5.74) is 6.36. The van der Waals surface area contributed by atoms with Gasteiger partial charge in [0.2, 0.25) is 0 Å². The van der Waals surface area contributed by atoms with Gasteiger partial charge in [0.15, 0.2) is 5.11 Å². The Bertz CT molecular complexity index is 1410. The smallest absolute Gasteiger partial charge is 0.256 e. The fourth-order valence-corrected chi connectivity index (χ4v) is 5.63. The molecular formula is C27H23N3O2S. The molecule has 1 fully saturated rings. The van der Waals surface area contributed by atoms with E-state index in [0.29, 0.717) is 23.0 Å². The maximum absolute atomic E-state index is 13.8. The molecule has 2 aliphatic heterocycles. The van der Waals surface area contributed by atoms with Crippen molar-refractivity contribution < 1.29 is 9.53 Å². The largest absolute Gasteiger partial charge is 0.495 e. The molecule has 164 valence electrons. The molecule has 3 aromatic carbocycles. The number of anilines is 1. The van der Waals surface area contributed by atoms with Crippen LogP contribution in [0.25, 0.3) is 10.9 Å². The number of aromatic amines is 1. The Morgan fingerprint density at radius 3 is 2.52 bits per heavy atom. The summed E-state index contributed by atoms with van der Waals surface area (Å²) in [5, 5.41) is 1.67. The first-order valence-electron chi connectivity index (χ1n) is 11.0. The first-order valence-corrected chi connectivity index (χ1v) is 11.4. The topological polar surface area (TPSA) is 48.6 Å². The molecule has 33 heavy (non-hydrogen) atoms. The molecule has 0 saturated carbocycles. The van der Waals surface area contributed by atoms with Gasteiger partial charge >= 0.3 is 0 Å². The van der Waals surface area contributed by atoms with Gasteiger partial charge in [0.25, 0.3) is 5.91 Å². The minimum Gasteiger partial charge on any atom is -0.495 e. The van der Waals surface area contributed by atoms with Crippen LogP contribution in [-0.2, 0) is 11.2 Å². The van der Waals surface area contributed by atoms with Gasteiger partial charge in [-0.2, -0.15) is 0 Å². The van der Waals surface area contributed by atoms with E-state index in [2.05, 4.69) is 53.2 Å². The molecule has 2 aliphatic rings. The van der Waals surface area contributed by atoms with Crippen molar-refractivity contribution in [1.29, 1.82) is 0 Å². The number of hydrogen-bond acceptors (Lipinski definition) is 3. The summed E-state index contributed by atoms with van der Waals surface area (Å²) < 4.78 is 5.56. The third-order valence-corrected chi connectivity index (χ3v) is 7.16. The summed E-state index contributed by atoms with van der Waals surface area (Å²) in [6.45, 7) is 2.08. The van der Waals surface area contributed by atoms with Crippen molar-refractivity contribution in [3.8, 4) is 5.75 Å². The standard InChI is InChI=1S/C27H23N3O2S/c1-16-11-13-17(14-12-16)25-24-19(18-7-3-4-8-20(18)28-24)15-22-26(31)30(27(33)29(22)25)21-9-5-6-10-23(21)32-2/h3-14,22,25,28H,15H2,1-2H3/t22-,25-/m0/s1. The minimum absolute atomic E-state index is 0.0162. The Morgan fingerprint density at radius 1 is 1.00 bits per heavy atom. The van der Waals surface area contributed by atoms with E-state index >= 15 is 0 Å². The van der Waals surface area contributed by atoms with Crippen molar-refractivity contribution in [3.05, 3.63) is 95.2 Å². The number of thiocarbonyl (C=S) groups is 1. The van der Waals surface area contributed by atoms with E-state index in [4.69, 9.17) is 17.0 Å². The first-order chi connectivity index (χ1) is 16.1. The summed E-state index contributed by atoms with van der Waals surface area (Å²) in [5.74, 6) is 0.612. The lowest BCUT2D eigenvalue weighted by molar-refractivity contribution is -0.120. The highest BCUT2D eigenvalue weighted by Crippen LogP contribution is 2.46. The molecule has 0 spiro atoms. The van der Waals surface area contributed by atoms with Gasteiger partial charge in [0.1, 0.15) is 11.8 Å². The molecule has 0 unspecified atom stereocenters. The Kier molecular flexibility index (Phi) is 4.52. The van der Waals surface area contributed by atoms with Crippen LogP contribution in [0.4, 0.5) is 5.69 Å². The zero-order chi connectivity index (χ0) is 22.7. The quantitative estimate of drug-likeness (QED) is 0.437. The van der Waals surface area contributed by atoms with Crippen LogP contribution >= 0.6 is 12.2 Å². The van der Waals surface area contributed by atoms with Gasteiger partial charge < -0.3 is 14.6 Å². The number of hydrogen-bond donors (Lipinski definition) is 1. The molecule has 0 bridgehead atoms. The monoisotopic (exact) mass is 453 g/mol. The molecule has 3 heterocycles. The minimum atomic E-state index is -0.375. The van der Waals surface area contributed by atoms with Crippen LogP contribution in [0.5, 0.6) is 5.75 Å². The average Bonchev–Trinajstić information content (AvgIpc) is 3.33. The van der Waals surface area contributed by atoms with Crippen molar-refractivity contribution in [1.82, 2.24) is 9.88 Å². The number of aromatic nitrogens is 1. The average molecular weight is 454 g/mol. The van der Waals surface area contributed by atoms with Crippen molar-refractivity contribution in [2.24, 2.45) is 0 Å². The van der Waals surface area contributed by atoms with Crippen molar-refractivity contribution in [2.45, 2.75) is 25.4 Å². The number of carbonyl (C=O) groups is 1. The van der Waals surface area contributed by atoms with Gasteiger partial charge in [0.05, 0.1) is 18.8 Å². The first kappa shape index (κ1) is 20.0. The number of fused-ring (bicyclic) bond motifs is 4. The number of nitrogens with zero attached hydrogens (tertiary/aromatic N) is 2. The summed E-state index contributed by atoms with van der Waals surface area (Å²) in [6.07, 6.45) is 0.604. The van der Waals surface area contributed by atoms with Gasteiger partial charge in [-0.05, 0) is 48.5 Å². The van der Waals surface area contributed by atoms with E-state index in [0.717, 1.165) is 16.8 Å². The summed E-state index contributed by atoms with van der Waals surface area (Å²) in [4.78, 5) is 21.2. The van der Waals surface area contributed by atoms with Gasteiger partial charge in [-0.15, -0.1) is 0 Å². The van der Waals surface area contributed by atoms with Gasteiger partial charge in [-0.25, -0.2) is 0 Å². The van der Waals surface area contributed by atoms with Gasteiger partial charge in [-0.3, -0.25) is 9.69 Å². The SMILES string of the molecule is COc1ccccc1N1C(=O)[C@@H]2Cc3c([nH]c4ccccc34)[C@H](c3ccc(C)cc3)N2C1=S. The second-order valence-corrected chi connectivity index (χ2v) is 9.00. The Hall–Kier alpha value is -3.64. The van der Waals surface area contributed by atoms with Crippen molar-refractivity contribution >= 4 is 39.8 Å². The van der Waals surface area contributed by atoms with Gasteiger partial charge in [0, 0.05) is 23.0 Å². The lowest BCUT2D eigenvalue weighted by atomic mass is 9.88. The van der Waals surface area contributed by atoms with E-state index < -0.39 is 0 Å². The van der Waals surface area contributed by atoms with E-state index in [1.807, 2.05) is 36.4 Å². The molecular weight excluding hydrogens is 430 g/mol. The van der Waals surface area contributed by atoms with Crippen molar-refractivity contribution in [2.75, 3.05) is 12.0 Å². The molecule has 6 heteroatoms. The number of rotatable bonds is 3. The van der Waals surface area contributed by atoms with E-state index in [-0.39, 0.29) is 18.0 Å². The number of H-pyrrole nitrogens is 1. The molecule has 2 atom stereocenters. The fourth-order valence-electron chi connectivity index (χ4n) is 5.21. The van der Waals surface area contributed by atoms with Crippen LogP contribution < -0.4 is 9.64 Å². The number of aryl methyl sites for hydroxylation is 1. The van der Waals surface area contributed by atoms with Gasteiger partial charge in [-0.1, -0.05) is 60.2 Å². The Labute approximate surface area is 197 Å². The van der Waals surface area contributed by atoms with E-state index in [1.54, 1.807) is 12.0 Å². The van der Waals surface area contributed by atoms with Crippen molar-refractivity contribution in [3.63, 3.8) is 0 Å². The predicted molar refractivity (Wildman–Crippen MR) is 134 cm³/mol. The summed E-state index contributed by atoms with van der Waals surface area (Å²) >= 11 is 5.98. The maximum Gasteiger partial charge on any atom is 0.256 e. The zero-order valence-corrected chi connectivity index (χ0v) is 19.2. The highest BCUT2D eigenvalue weighted by molar-refractivity contribution is 7.80. The second kappa shape index (κ2) is 7.46. The Balaban J connectivity index is 1.55. The lowest BCUT2D eigenvalue weighted by Gasteiger charge is -2.37. The maximum atomic E-state index is 13.8. The number of benzene rings is 3. The highest BCUT2D eigenvalue weighted by atomic mass is 32.1. The van der Waals surface area contributed by atoms with Crippen LogP contribution in [0.15, 0.2) is 72.8 Å². The molecule has 0 radical (unpaired) electrons. The molecule has 0 aliphatic carbocycles. The van der Waals surface area contributed by atoms with Crippen LogP contribution in [0, 0.1) is 6.92 Å². The molecule has 4 aromatic rings. The number of nitrogens with one attached hydrogen (secondary N) is 1. The van der Waals surface area contributed by atoms with Crippen LogP contribution in [0.1, 0.15) is 28.4 Å². The fraction of sp³-hybridized carbons (Fsp3) is 0.185. The lowest BCUT2D eigenvalue weighted by Crippen LogP contribution is -2.44. The number of carbonyl (C=O) groups excluding carboxylic acids is 1. The number of amides is 1. The second-order valence-electron chi connectivity index (χ2n) is 8.63. The predicted octanol–water partition coefficient (Wildman–Crippen LogP) is 5.13. The molecule has 1 N–H and O–H groups in total. The third kappa shape index (κ3) is 2.91. The number of methoxy groups -OCH3 is 1. The van der Waals surface area contributed by atoms with E-state index in [9.17, 15) is 4.79 Å². The summed E-state index contributed by atoms with van der Waals surface area (Å²) in [7, 11) is 1.61. The van der Waals surface area contributed by atoms with Crippen LogP contribution in [0.3, 0.4) is 0 Å². The zero-order valence-electron chi connectivity index (χ0n) is 18.4. The molecule has 1 saturated heterocycles. The number of para-hydroxylation sites is 3. The molecule has 1 amide bonds. The highest BCUT2D eigenvalue weighted by Gasteiger charge is 2.51. The van der Waals surface area contributed by atoms with Crippen LogP contribution in [0.2, 0.25) is 0 Å². The van der Waals surface area contributed by atoms with Crippen LogP contribution in [-0.4, -0.2) is 34.1 Å². The molecule has 6 rings (SSSR count). The Morgan fingerprint density at radius 2 is 1.73 bits per heavy atom. The molecule has 5 nitrogen and oxygen atoms in total. The molecule has 1 aromatic heterocycles. The van der Waals surface area contributed by atoms with E-state index in [1.165, 1.54) is 16.5 Å². The summed E-state index contributed by atoms with van der Waals surface area (Å²) in [6, 6.07) is 23.8. The number of ether oxygens (including phenoxy) is 1.